The molecule has 1 atom stereocenters. The van der Waals surface area contributed by atoms with E-state index in [1.54, 1.807) is 0 Å². The molecule has 31 heavy (non-hydrogen) atoms. The Morgan fingerprint density at radius 1 is 1.23 bits per heavy atom. The second-order valence-corrected chi connectivity index (χ2v) is 10.2. The summed E-state index contributed by atoms with van der Waals surface area (Å²) in [6.45, 7) is 1.44. The quantitative estimate of drug-likeness (QED) is 0.501. The number of nitrogens with one attached hydrogen (secondary N) is 2. The Morgan fingerprint density at radius 2 is 1.97 bits per heavy atom. The maximum Gasteiger partial charge on any atom is 0.338 e. The Labute approximate surface area is 185 Å². The van der Waals surface area contributed by atoms with Gasteiger partial charge in [0.05, 0.1) is 17.4 Å². The van der Waals surface area contributed by atoms with Gasteiger partial charge in [0.1, 0.15) is 11.1 Å². The normalized spacial score (nSPS) is 14.5. The number of fused-ring (bicyclic) bond motifs is 1. The van der Waals surface area contributed by atoms with Crippen molar-refractivity contribution < 1.29 is 22.7 Å². The molecule has 0 spiro atoms. The van der Waals surface area contributed by atoms with Crippen LogP contribution < -0.4 is 10.0 Å². The highest BCUT2D eigenvalue weighted by atomic mass is 32.2. The lowest BCUT2D eigenvalue weighted by Crippen LogP contribution is -2.30. The lowest BCUT2D eigenvalue weighted by atomic mass is 10.1. The molecule has 1 aliphatic carbocycles. The highest BCUT2D eigenvalue weighted by molar-refractivity contribution is 7.92. The monoisotopic (exact) mass is 461 g/mol. The standard InChI is InChI=1S/C21H23N3O5S2/c1-13(29-21(26)14-7-6-8-15(11-14)24-31(2,27)28)19(25)23-20-17(12-22)16-9-4-3-5-10-18(16)30-20/h6-8,11,13,24H,3-5,9-10H2,1-2H3,(H,23,25). The Kier molecular flexibility index (Phi) is 6.97. The van der Waals surface area contributed by atoms with Crippen LogP contribution >= 0.6 is 11.3 Å². The molecule has 3 rings (SSSR count). The molecule has 0 saturated carbocycles. The summed E-state index contributed by atoms with van der Waals surface area (Å²) in [6, 6.07) is 8.00. The number of ether oxygens (including phenoxy) is 1. The van der Waals surface area contributed by atoms with Crippen LogP contribution in [0.2, 0.25) is 0 Å². The number of amides is 1. The highest BCUT2D eigenvalue weighted by Gasteiger charge is 2.24. The van der Waals surface area contributed by atoms with Crippen LogP contribution in [0.4, 0.5) is 10.7 Å². The van der Waals surface area contributed by atoms with Crippen LogP contribution in [-0.4, -0.2) is 32.7 Å². The summed E-state index contributed by atoms with van der Waals surface area (Å²) in [5, 5.41) is 12.8. The molecule has 8 nitrogen and oxygen atoms in total. The number of aryl methyl sites for hydroxylation is 1. The molecule has 0 radical (unpaired) electrons. The molecule has 1 aromatic carbocycles. The minimum absolute atomic E-state index is 0.105. The molecule has 1 amide bonds. The van der Waals surface area contributed by atoms with Crippen molar-refractivity contribution in [2.45, 2.75) is 45.1 Å². The van der Waals surface area contributed by atoms with Gasteiger partial charge in [0.2, 0.25) is 10.0 Å². The molecule has 0 aliphatic heterocycles. The van der Waals surface area contributed by atoms with Gasteiger partial charge in [-0.15, -0.1) is 11.3 Å². The van der Waals surface area contributed by atoms with Crippen molar-refractivity contribution in [2.75, 3.05) is 16.3 Å². The van der Waals surface area contributed by atoms with Crippen LogP contribution in [0.15, 0.2) is 24.3 Å². The lowest BCUT2D eigenvalue weighted by molar-refractivity contribution is -0.123. The molecule has 0 fully saturated rings. The van der Waals surface area contributed by atoms with Gasteiger partial charge >= 0.3 is 5.97 Å². The fourth-order valence-corrected chi connectivity index (χ4v) is 5.17. The predicted molar refractivity (Wildman–Crippen MR) is 119 cm³/mol. The number of carbonyl (C=O) groups excluding carboxylic acids is 2. The number of carbonyl (C=O) groups is 2. The Hall–Kier alpha value is -2.90. The number of hydrogen-bond donors (Lipinski definition) is 2. The first-order chi connectivity index (χ1) is 14.7. The largest absolute Gasteiger partial charge is 0.449 e. The van der Waals surface area contributed by atoms with Crippen molar-refractivity contribution in [1.82, 2.24) is 0 Å². The molecule has 2 aromatic rings. The zero-order valence-electron chi connectivity index (χ0n) is 17.2. The van der Waals surface area contributed by atoms with Gasteiger partial charge in [0.25, 0.3) is 5.91 Å². The van der Waals surface area contributed by atoms with Gasteiger partial charge in [-0.1, -0.05) is 12.5 Å². The second-order valence-electron chi connectivity index (χ2n) is 7.37. The molecule has 1 aliphatic rings. The van der Waals surface area contributed by atoms with Gasteiger partial charge in [0, 0.05) is 10.6 Å². The fourth-order valence-electron chi connectivity index (χ4n) is 3.37. The molecular formula is C21H23N3O5S2. The van der Waals surface area contributed by atoms with Crippen molar-refractivity contribution in [3.63, 3.8) is 0 Å². The summed E-state index contributed by atoms with van der Waals surface area (Å²) in [7, 11) is -3.49. The minimum Gasteiger partial charge on any atom is -0.449 e. The summed E-state index contributed by atoms with van der Waals surface area (Å²) in [5.74, 6) is -1.30. The second kappa shape index (κ2) is 9.49. The van der Waals surface area contributed by atoms with Crippen LogP contribution in [0, 0.1) is 11.3 Å². The number of nitrogens with zero attached hydrogens (tertiary/aromatic N) is 1. The van der Waals surface area contributed by atoms with Gasteiger partial charge in [-0.3, -0.25) is 9.52 Å². The lowest BCUT2D eigenvalue weighted by Gasteiger charge is -2.13. The Balaban J connectivity index is 1.68. The topological polar surface area (TPSA) is 125 Å². The van der Waals surface area contributed by atoms with E-state index in [9.17, 15) is 23.3 Å². The van der Waals surface area contributed by atoms with E-state index in [2.05, 4.69) is 16.1 Å². The molecule has 10 heteroatoms. The zero-order valence-corrected chi connectivity index (χ0v) is 18.9. The maximum atomic E-state index is 12.6. The van der Waals surface area contributed by atoms with Crippen molar-refractivity contribution in [3.05, 3.63) is 45.8 Å². The smallest absolute Gasteiger partial charge is 0.338 e. The summed E-state index contributed by atoms with van der Waals surface area (Å²) >= 11 is 1.41. The number of rotatable bonds is 6. The third-order valence-electron chi connectivity index (χ3n) is 4.82. The van der Waals surface area contributed by atoms with Gasteiger partial charge in [-0.05, 0) is 56.4 Å². The van der Waals surface area contributed by atoms with Crippen molar-refractivity contribution in [1.29, 1.82) is 5.26 Å². The summed E-state index contributed by atoms with van der Waals surface area (Å²) in [6.07, 6.45) is 4.83. The van der Waals surface area contributed by atoms with Crippen LogP contribution in [0.5, 0.6) is 0 Å². The van der Waals surface area contributed by atoms with Gasteiger partial charge in [-0.2, -0.15) is 5.26 Å². The summed E-state index contributed by atoms with van der Waals surface area (Å²) < 4.78 is 30.3. The van der Waals surface area contributed by atoms with E-state index < -0.39 is 28.0 Å². The number of benzene rings is 1. The van der Waals surface area contributed by atoms with E-state index in [4.69, 9.17) is 4.74 Å². The number of thiophene rings is 1. The molecular weight excluding hydrogens is 438 g/mol. The Morgan fingerprint density at radius 3 is 2.68 bits per heavy atom. The maximum absolute atomic E-state index is 12.6. The molecule has 1 unspecified atom stereocenters. The van der Waals surface area contributed by atoms with Crippen LogP contribution in [0.1, 0.15) is 52.5 Å². The number of sulfonamides is 1. The number of hydrogen-bond acceptors (Lipinski definition) is 7. The van der Waals surface area contributed by atoms with Crippen LogP contribution in [0.25, 0.3) is 0 Å². The average molecular weight is 462 g/mol. The van der Waals surface area contributed by atoms with Gasteiger partial charge < -0.3 is 10.1 Å². The van der Waals surface area contributed by atoms with Crippen molar-refractivity contribution in [2.24, 2.45) is 0 Å². The van der Waals surface area contributed by atoms with E-state index in [1.165, 1.54) is 42.5 Å². The SMILES string of the molecule is CC(OC(=O)c1cccc(NS(C)(=O)=O)c1)C(=O)Nc1sc2c(c1C#N)CCCCC2. The van der Waals surface area contributed by atoms with Crippen LogP contribution in [-0.2, 0) is 32.4 Å². The number of esters is 1. The molecule has 0 saturated heterocycles. The van der Waals surface area contributed by atoms with Gasteiger partial charge in [-0.25, -0.2) is 13.2 Å². The Bertz CT molecular complexity index is 1150. The van der Waals surface area contributed by atoms with Crippen molar-refractivity contribution in [3.8, 4) is 6.07 Å². The molecule has 1 aromatic heterocycles. The zero-order chi connectivity index (χ0) is 22.6. The van der Waals surface area contributed by atoms with Crippen LogP contribution in [0.3, 0.4) is 0 Å². The summed E-state index contributed by atoms with van der Waals surface area (Å²) in [4.78, 5) is 26.1. The number of anilines is 2. The van der Waals surface area contributed by atoms with E-state index in [-0.39, 0.29) is 11.3 Å². The molecule has 1 heterocycles. The van der Waals surface area contributed by atoms with Crippen molar-refractivity contribution >= 4 is 43.9 Å². The third-order valence-corrected chi connectivity index (χ3v) is 6.64. The predicted octanol–water partition coefficient (Wildman–Crippen LogP) is 3.44. The molecule has 164 valence electrons. The number of nitriles is 1. The van der Waals surface area contributed by atoms with Gasteiger partial charge in [0.15, 0.2) is 6.10 Å². The highest BCUT2D eigenvalue weighted by Crippen LogP contribution is 2.37. The first-order valence-corrected chi connectivity index (χ1v) is 12.5. The minimum atomic E-state index is -3.49. The van der Waals surface area contributed by atoms with E-state index in [1.807, 2.05) is 0 Å². The molecule has 2 N–H and O–H groups in total. The van der Waals surface area contributed by atoms with E-state index in [0.29, 0.717) is 10.6 Å². The first kappa shape index (κ1) is 22.8. The first-order valence-electron chi connectivity index (χ1n) is 9.82. The third kappa shape index (κ3) is 5.83. The average Bonchev–Trinajstić information content (AvgIpc) is 2.85. The van der Waals surface area contributed by atoms with E-state index >= 15 is 0 Å². The van der Waals surface area contributed by atoms with E-state index in [0.717, 1.165) is 48.8 Å². The summed E-state index contributed by atoms with van der Waals surface area (Å²) in [5.41, 5.74) is 1.83. The molecule has 0 bridgehead atoms. The fraction of sp³-hybridized carbons (Fsp3) is 0.381.